The topological polar surface area (TPSA) is 85.5 Å². The molecule has 0 N–H and O–H groups in total. The molecule has 2 fully saturated rings. The maximum absolute atomic E-state index is 13.2. The molecule has 1 amide bonds. The second-order valence-electron chi connectivity index (χ2n) is 8.11. The molecule has 7 nitrogen and oxygen atoms in total. The second-order valence-corrected chi connectivity index (χ2v) is 8.11. The Labute approximate surface area is 169 Å². The van der Waals surface area contributed by atoms with Gasteiger partial charge in [0.25, 0.3) is 0 Å². The van der Waals surface area contributed by atoms with Crippen LogP contribution in [-0.2, 0) is 4.79 Å². The van der Waals surface area contributed by atoms with Crippen molar-refractivity contribution in [1.29, 1.82) is 5.26 Å². The highest BCUT2D eigenvalue weighted by Gasteiger charge is 2.46. The summed E-state index contributed by atoms with van der Waals surface area (Å²) in [7, 11) is 0. The van der Waals surface area contributed by atoms with Gasteiger partial charge in [0.05, 0.1) is 6.04 Å². The predicted molar refractivity (Wildman–Crippen MR) is 108 cm³/mol. The molecule has 3 heterocycles. The van der Waals surface area contributed by atoms with E-state index in [4.69, 9.17) is 5.26 Å². The van der Waals surface area contributed by atoms with Gasteiger partial charge in [0.15, 0.2) is 0 Å². The van der Waals surface area contributed by atoms with Crippen LogP contribution in [-0.4, -0.2) is 40.2 Å². The highest BCUT2D eigenvalue weighted by molar-refractivity contribution is 5.82. The van der Waals surface area contributed by atoms with Crippen LogP contribution < -0.4 is 4.90 Å². The van der Waals surface area contributed by atoms with E-state index in [-0.39, 0.29) is 17.9 Å². The van der Waals surface area contributed by atoms with Gasteiger partial charge in [-0.25, -0.2) is 15.0 Å². The average molecular weight is 386 g/mol. The molecular weight excluding hydrogens is 364 g/mol. The van der Waals surface area contributed by atoms with E-state index in [0.29, 0.717) is 17.5 Å². The maximum atomic E-state index is 13.2. The number of nitrogens with zero attached hydrogens (tertiary/aromatic N) is 6. The molecule has 1 aromatic heterocycles. The Morgan fingerprint density at radius 2 is 1.86 bits per heavy atom. The van der Waals surface area contributed by atoms with Gasteiger partial charge in [-0.1, -0.05) is 30.3 Å². The smallest absolute Gasteiger partial charge is 0.246 e. The van der Waals surface area contributed by atoms with E-state index in [9.17, 15) is 4.79 Å². The van der Waals surface area contributed by atoms with Crippen molar-refractivity contribution in [1.82, 2.24) is 15.0 Å². The SMILES string of the molecule is N#Cc1cc(N2C[C@H]3C[C@H](C(=O)N4N=CC[C@@H]4c4ccccc4)C[C@H]3C2)ncn1. The lowest BCUT2D eigenvalue weighted by atomic mass is 10.0. The minimum Gasteiger partial charge on any atom is -0.356 e. The predicted octanol–water partition coefficient (Wildman–Crippen LogP) is 2.77. The second kappa shape index (κ2) is 7.28. The monoisotopic (exact) mass is 386 g/mol. The normalized spacial score (nSPS) is 27.8. The van der Waals surface area contributed by atoms with Crippen molar-refractivity contribution in [2.75, 3.05) is 18.0 Å². The quantitative estimate of drug-likeness (QED) is 0.810. The first-order valence-electron chi connectivity index (χ1n) is 10.1. The van der Waals surface area contributed by atoms with Crippen LogP contribution in [0.4, 0.5) is 5.82 Å². The lowest BCUT2D eigenvalue weighted by molar-refractivity contribution is -0.137. The van der Waals surface area contributed by atoms with Gasteiger partial charge in [-0.15, -0.1) is 0 Å². The molecule has 0 spiro atoms. The van der Waals surface area contributed by atoms with Crippen LogP contribution in [0.5, 0.6) is 0 Å². The van der Waals surface area contributed by atoms with Crippen molar-refractivity contribution in [2.45, 2.75) is 25.3 Å². The molecule has 4 atom stereocenters. The van der Waals surface area contributed by atoms with Crippen molar-refractivity contribution < 1.29 is 4.79 Å². The molecule has 1 saturated heterocycles. The van der Waals surface area contributed by atoms with Gasteiger partial charge in [0.2, 0.25) is 5.91 Å². The summed E-state index contributed by atoms with van der Waals surface area (Å²) >= 11 is 0. The van der Waals surface area contributed by atoms with E-state index in [1.165, 1.54) is 6.33 Å². The molecule has 1 aliphatic carbocycles. The first-order chi connectivity index (χ1) is 14.2. The van der Waals surface area contributed by atoms with Gasteiger partial charge < -0.3 is 4.90 Å². The summed E-state index contributed by atoms with van der Waals surface area (Å²) in [5.74, 6) is 1.95. The molecule has 3 aliphatic rings. The molecule has 7 heteroatoms. The third kappa shape index (κ3) is 3.25. The van der Waals surface area contributed by atoms with Gasteiger partial charge in [0.1, 0.15) is 23.9 Å². The summed E-state index contributed by atoms with van der Waals surface area (Å²) in [4.78, 5) is 23.7. The van der Waals surface area contributed by atoms with E-state index >= 15 is 0 Å². The highest BCUT2D eigenvalue weighted by Crippen LogP contribution is 2.44. The maximum Gasteiger partial charge on any atom is 0.246 e. The number of hydrogen-bond acceptors (Lipinski definition) is 6. The van der Waals surface area contributed by atoms with E-state index in [1.807, 2.05) is 24.4 Å². The van der Waals surface area contributed by atoms with Crippen molar-refractivity contribution in [3.63, 3.8) is 0 Å². The Morgan fingerprint density at radius 1 is 1.10 bits per heavy atom. The molecule has 1 saturated carbocycles. The zero-order chi connectivity index (χ0) is 19.8. The third-order valence-electron chi connectivity index (χ3n) is 6.43. The van der Waals surface area contributed by atoms with Crippen molar-refractivity contribution >= 4 is 17.9 Å². The summed E-state index contributed by atoms with van der Waals surface area (Å²) in [6.45, 7) is 1.75. The number of benzene rings is 1. The molecular formula is C22H22N6O. The zero-order valence-electron chi connectivity index (χ0n) is 16.1. The number of aromatic nitrogens is 2. The number of rotatable bonds is 3. The number of amides is 1. The number of nitriles is 1. The zero-order valence-corrected chi connectivity index (χ0v) is 16.1. The minimum atomic E-state index is 0.0195. The van der Waals surface area contributed by atoms with Crippen LogP contribution in [0.3, 0.4) is 0 Å². The largest absolute Gasteiger partial charge is 0.356 e. The van der Waals surface area contributed by atoms with E-state index in [1.54, 1.807) is 11.1 Å². The van der Waals surface area contributed by atoms with Gasteiger partial charge >= 0.3 is 0 Å². The van der Waals surface area contributed by atoms with Gasteiger partial charge in [-0.05, 0) is 30.2 Å². The average Bonchev–Trinajstić information content (AvgIpc) is 3.48. The summed E-state index contributed by atoms with van der Waals surface area (Å²) in [6, 6.07) is 14.0. The molecule has 2 aliphatic heterocycles. The minimum absolute atomic E-state index is 0.0195. The van der Waals surface area contributed by atoms with Crippen molar-refractivity contribution in [2.24, 2.45) is 22.9 Å². The summed E-state index contributed by atoms with van der Waals surface area (Å²) < 4.78 is 0. The van der Waals surface area contributed by atoms with Crippen molar-refractivity contribution in [3.8, 4) is 6.07 Å². The van der Waals surface area contributed by atoms with Crippen molar-refractivity contribution in [3.05, 3.63) is 54.0 Å². The number of anilines is 1. The number of carbonyl (C=O) groups excluding carboxylic acids is 1. The number of hydrogen-bond donors (Lipinski definition) is 0. The fourth-order valence-electron chi connectivity index (χ4n) is 5.04. The Balaban J connectivity index is 1.25. The number of fused-ring (bicyclic) bond motifs is 1. The van der Waals surface area contributed by atoms with E-state index < -0.39 is 0 Å². The number of carbonyl (C=O) groups is 1. The van der Waals surface area contributed by atoms with Gasteiger partial charge in [-0.3, -0.25) is 4.79 Å². The van der Waals surface area contributed by atoms with Gasteiger partial charge in [-0.2, -0.15) is 10.4 Å². The Kier molecular flexibility index (Phi) is 4.47. The summed E-state index contributed by atoms with van der Waals surface area (Å²) in [5, 5.41) is 15.2. The fraction of sp³-hybridized carbons (Fsp3) is 0.409. The number of hydrazone groups is 1. The van der Waals surface area contributed by atoms with Crippen LogP contribution in [0.2, 0.25) is 0 Å². The Hall–Kier alpha value is -3.27. The first kappa shape index (κ1) is 17.8. The van der Waals surface area contributed by atoms with Crippen LogP contribution >= 0.6 is 0 Å². The van der Waals surface area contributed by atoms with Crippen LogP contribution in [0.25, 0.3) is 0 Å². The van der Waals surface area contributed by atoms with Crippen LogP contribution in [0.1, 0.15) is 36.6 Å². The molecule has 0 unspecified atom stereocenters. The first-order valence-corrected chi connectivity index (χ1v) is 10.1. The third-order valence-corrected chi connectivity index (χ3v) is 6.43. The molecule has 146 valence electrons. The molecule has 29 heavy (non-hydrogen) atoms. The van der Waals surface area contributed by atoms with Crippen LogP contribution in [0, 0.1) is 29.1 Å². The molecule has 0 radical (unpaired) electrons. The lowest BCUT2D eigenvalue weighted by Gasteiger charge is -2.26. The molecule has 1 aromatic carbocycles. The van der Waals surface area contributed by atoms with E-state index in [2.05, 4.69) is 38.2 Å². The highest BCUT2D eigenvalue weighted by atomic mass is 16.2. The summed E-state index contributed by atoms with van der Waals surface area (Å²) in [5.41, 5.74) is 1.53. The van der Waals surface area contributed by atoms with Gasteiger partial charge in [0, 0.05) is 37.7 Å². The Morgan fingerprint density at radius 3 is 2.59 bits per heavy atom. The Bertz CT molecular complexity index is 970. The van der Waals surface area contributed by atoms with Crippen LogP contribution in [0.15, 0.2) is 47.8 Å². The standard InChI is InChI=1S/C22H22N6O/c23-11-19-10-21(25-14-24-19)27-12-17-8-16(9-18(17)13-27)22(29)28-20(6-7-26-28)15-4-2-1-3-5-15/h1-5,7,10,14,16-18,20H,6,8-9,12-13H2/t16-,17+,18-,20-/m1/s1. The molecule has 2 aromatic rings. The van der Waals surface area contributed by atoms with E-state index in [0.717, 1.165) is 43.7 Å². The molecule has 0 bridgehead atoms. The lowest BCUT2D eigenvalue weighted by Crippen LogP contribution is -2.33. The fourth-order valence-corrected chi connectivity index (χ4v) is 5.04. The summed E-state index contributed by atoms with van der Waals surface area (Å²) in [6.07, 6.45) is 5.86. The molecule has 5 rings (SSSR count).